The van der Waals surface area contributed by atoms with Crippen LogP contribution in [0.3, 0.4) is 0 Å². The van der Waals surface area contributed by atoms with Crippen molar-refractivity contribution >= 4 is 33.2 Å². The first-order valence-corrected chi connectivity index (χ1v) is 10.5. The molecule has 0 aliphatic carbocycles. The highest BCUT2D eigenvalue weighted by Crippen LogP contribution is 2.31. The second-order valence-electron chi connectivity index (χ2n) is 6.05. The topological polar surface area (TPSA) is 84.2 Å². The Morgan fingerprint density at radius 2 is 1.77 bits per heavy atom. The predicted octanol–water partition coefficient (Wildman–Crippen LogP) is 1.90. The lowest BCUT2D eigenvalue weighted by molar-refractivity contribution is 0.175. The summed E-state index contributed by atoms with van der Waals surface area (Å²) in [7, 11) is -3.73. The van der Waals surface area contributed by atoms with Gasteiger partial charge in [-0.1, -0.05) is 36.2 Å². The zero-order valence-corrected chi connectivity index (χ0v) is 16.7. The van der Waals surface area contributed by atoms with Gasteiger partial charge in [-0.3, -0.25) is 4.90 Å². The van der Waals surface area contributed by atoms with Gasteiger partial charge in [-0.2, -0.15) is 4.31 Å². The summed E-state index contributed by atoms with van der Waals surface area (Å²) in [6, 6.07) is 4.69. The highest BCUT2D eigenvalue weighted by molar-refractivity contribution is 7.89. The molecule has 1 aromatic heterocycles. The van der Waals surface area contributed by atoms with Gasteiger partial charge in [-0.25, -0.2) is 13.1 Å². The fourth-order valence-corrected chi connectivity index (χ4v) is 5.42. The fourth-order valence-electron chi connectivity index (χ4n) is 2.91. The van der Waals surface area contributed by atoms with Gasteiger partial charge in [-0.05, 0) is 29.0 Å². The molecule has 8 nitrogen and oxygen atoms in total. The van der Waals surface area contributed by atoms with Gasteiger partial charge >= 0.3 is 0 Å². The molecule has 2 aromatic rings. The average Bonchev–Trinajstić information content (AvgIpc) is 3.02. The number of tetrazole rings is 1. The normalized spacial score (nSPS) is 16.9. The summed E-state index contributed by atoms with van der Waals surface area (Å²) < 4.78 is 29.0. The first kappa shape index (κ1) is 19.5. The van der Waals surface area contributed by atoms with Gasteiger partial charge in [0.1, 0.15) is 4.90 Å². The zero-order valence-electron chi connectivity index (χ0n) is 14.3. The van der Waals surface area contributed by atoms with Crippen LogP contribution in [0.5, 0.6) is 0 Å². The molecule has 0 radical (unpaired) electrons. The number of halogens is 2. The van der Waals surface area contributed by atoms with Crippen molar-refractivity contribution in [3.8, 4) is 0 Å². The molecule has 0 bridgehead atoms. The van der Waals surface area contributed by atoms with Crippen molar-refractivity contribution in [3.05, 3.63) is 34.1 Å². The van der Waals surface area contributed by atoms with Crippen LogP contribution < -0.4 is 0 Å². The van der Waals surface area contributed by atoms with E-state index in [1.807, 2.05) is 0 Å². The van der Waals surface area contributed by atoms with Gasteiger partial charge in [0, 0.05) is 32.7 Å². The number of rotatable bonds is 6. The molecule has 1 aliphatic heterocycles. The molecule has 1 fully saturated rings. The molecule has 0 spiro atoms. The van der Waals surface area contributed by atoms with Crippen molar-refractivity contribution in [1.82, 2.24) is 29.4 Å². The first-order chi connectivity index (χ1) is 12.4. The standard InChI is InChI=1S/C15H20Cl2N6O2S/c1-2-6-23-14(18-19-20-23)11-21-7-9-22(10-8-21)26(24,25)15-12(16)4-3-5-13(15)17/h3-5H,2,6-11H2,1H3. The number of hydrogen-bond acceptors (Lipinski definition) is 6. The quantitative estimate of drug-likeness (QED) is 0.711. The second kappa shape index (κ2) is 8.18. The lowest BCUT2D eigenvalue weighted by Crippen LogP contribution is -2.48. The van der Waals surface area contributed by atoms with Crippen LogP contribution in [-0.4, -0.2) is 64.0 Å². The van der Waals surface area contributed by atoms with Gasteiger partial charge in [0.25, 0.3) is 0 Å². The van der Waals surface area contributed by atoms with E-state index in [1.165, 1.54) is 16.4 Å². The van der Waals surface area contributed by atoms with Crippen LogP contribution in [0.25, 0.3) is 0 Å². The van der Waals surface area contributed by atoms with Crippen molar-refractivity contribution in [2.45, 2.75) is 31.3 Å². The van der Waals surface area contributed by atoms with Gasteiger partial charge in [-0.15, -0.1) is 5.10 Å². The molecule has 3 rings (SSSR count). The summed E-state index contributed by atoms with van der Waals surface area (Å²) in [5, 5.41) is 12.0. The molecule has 0 amide bonds. The van der Waals surface area contributed by atoms with E-state index in [0.717, 1.165) is 18.8 Å². The molecule has 26 heavy (non-hydrogen) atoms. The van der Waals surface area contributed by atoms with E-state index in [4.69, 9.17) is 23.2 Å². The number of sulfonamides is 1. The zero-order chi connectivity index (χ0) is 18.7. The summed E-state index contributed by atoms with van der Waals surface area (Å²) in [5.41, 5.74) is 0. The Hall–Kier alpha value is -1.26. The van der Waals surface area contributed by atoms with E-state index >= 15 is 0 Å². The Morgan fingerprint density at radius 1 is 1.12 bits per heavy atom. The molecule has 2 heterocycles. The molecule has 1 aliphatic rings. The Morgan fingerprint density at radius 3 is 2.38 bits per heavy atom. The van der Waals surface area contributed by atoms with Crippen molar-refractivity contribution in [1.29, 1.82) is 0 Å². The second-order valence-corrected chi connectivity index (χ2v) is 8.74. The van der Waals surface area contributed by atoms with E-state index in [1.54, 1.807) is 10.7 Å². The number of piperazine rings is 1. The Balaban J connectivity index is 1.67. The SMILES string of the molecule is CCCn1nnnc1CN1CCN(S(=O)(=O)c2c(Cl)cccc2Cl)CC1. The first-order valence-electron chi connectivity index (χ1n) is 8.35. The molecule has 0 atom stereocenters. The molecule has 1 saturated heterocycles. The fraction of sp³-hybridized carbons (Fsp3) is 0.533. The minimum absolute atomic E-state index is 0.0244. The van der Waals surface area contributed by atoms with Crippen LogP contribution in [0, 0.1) is 0 Å². The molecule has 0 saturated carbocycles. The van der Waals surface area contributed by atoms with Crippen LogP contribution in [0.4, 0.5) is 0 Å². The largest absolute Gasteiger partial charge is 0.293 e. The number of hydrogen-bond donors (Lipinski definition) is 0. The molecule has 0 unspecified atom stereocenters. The van der Waals surface area contributed by atoms with Gasteiger partial charge in [0.2, 0.25) is 10.0 Å². The van der Waals surface area contributed by atoms with Crippen LogP contribution in [0.15, 0.2) is 23.1 Å². The monoisotopic (exact) mass is 418 g/mol. The summed E-state index contributed by atoms with van der Waals surface area (Å²) in [6.45, 7) is 5.31. The Kier molecular flexibility index (Phi) is 6.13. The highest BCUT2D eigenvalue weighted by Gasteiger charge is 2.32. The van der Waals surface area contributed by atoms with Crippen molar-refractivity contribution in [2.24, 2.45) is 0 Å². The number of aromatic nitrogens is 4. The predicted molar refractivity (Wildman–Crippen MR) is 98.6 cm³/mol. The number of nitrogens with zero attached hydrogens (tertiary/aromatic N) is 6. The Labute approximate surface area is 162 Å². The Bertz CT molecular complexity index is 845. The third-order valence-electron chi connectivity index (χ3n) is 4.25. The third-order valence-corrected chi connectivity index (χ3v) is 7.11. The summed E-state index contributed by atoms with van der Waals surface area (Å²) in [5.74, 6) is 0.789. The molecular weight excluding hydrogens is 399 g/mol. The van der Waals surface area contributed by atoms with Crippen LogP contribution in [-0.2, 0) is 23.1 Å². The van der Waals surface area contributed by atoms with E-state index < -0.39 is 10.0 Å². The van der Waals surface area contributed by atoms with Crippen molar-refractivity contribution in [3.63, 3.8) is 0 Å². The maximum atomic E-state index is 12.9. The smallest absolute Gasteiger partial charge is 0.246 e. The lowest BCUT2D eigenvalue weighted by atomic mass is 10.3. The van der Waals surface area contributed by atoms with E-state index in [-0.39, 0.29) is 14.9 Å². The third kappa shape index (κ3) is 4.01. The van der Waals surface area contributed by atoms with Gasteiger partial charge < -0.3 is 0 Å². The van der Waals surface area contributed by atoms with Crippen molar-refractivity contribution < 1.29 is 8.42 Å². The summed E-state index contributed by atoms with van der Waals surface area (Å²) >= 11 is 12.2. The maximum Gasteiger partial charge on any atom is 0.246 e. The average molecular weight is 419 g/mol. The van der Waals surface area contributed by atoms with E-state index in [2.05, 4.69) is 27.3 Å². The summed E-state index contributed by atoms with van der Waals surface area (Å²) in [6.07, 6.45) is 0.947. The van der Waals surface area contributed by atoms with Gasteiger partial charge in [0.05, 0.1) is 16.6 Å². The molecule has 0 N–H and O–H groups in total. The van der Waals surface area contributed by atoms with Crippen LogP contribution in [0.2, 0.25) is 10.0 Å². The lowest BCUT2D eigenvalue weighted by Gasteiger charge is -2.33. The highest BCUT2D eigenvalue weighted by atomic mass is 35.5. The van der Waals surface area contributed by atoms with Crippen LogP contribution in [0.1, 0.15) is 19.2 Å². The molecule has 1 aromatic carbocycles. The van der Waals surface area contributed by atoms with E-state index in [0.29, 0.717) is 32.7 Å². The summed E-state index contributed by atoms with van der Waals surface area (Å²) in [4.78, 5) is 2.11. The molecular formula is C15H20Cl2N6O2S. The van der Waals surface area contributed by atoms with Crippen molar-refractivity contribution in [2.75, 3.05) is 26.2 Å². The number of aryl methyl sites for hydroxylation is 1. The number of benzene rings is 1. The minimum atomic E-state index is -3.73. The minimum Gasteiger partial charge on any atom is -0.293 e. The van der Waals surface area contributed by atoms with Gasteiger partial charge in [0.15, 0.2) is 5.82 Å². The molecule has 142 valence electrons. The van der Waals surface area contributed by atoms with E-state index in [9.17, 15) is 8.42 Å². The maximum absolute atomic E-state index is 12.9. The van der Waals surface area contributed by atoms with Crippen LogP contribution >= 0.6 is 23.2 Å². The molecule has 11 heteroatoms.